The predicted octanol–water partition coefficient (Wildman–Crippen LogP) is 3.46. The molecule has 20 heavy (non-hydrogen) atoms. The molecular weight excluding hydrogens is 296 g/mol. The third kappa shape index (κ3) is 2.94. The Labute approximate surface area is 123 Å². The summed E-state index contributed by atoms with van der Waals surface area (Å²) in [6.07, 6.45) is 1.54. The molecule has 0 bridgehead atoms. The van der Waals surface area contributed by atoms with Crippen molar-refractivity contribution in [3.63, 3.8) is 0 Å². The summed E-state index contributed by atoms with van der Waals surface area (Å²) >= 11 is 5.96. The maximum absolute atomic E-state index is 12.5. The molecule has 0 aliphatic rings. The van der Waals surface area contributed by atoms with Gasteiger partial charge >= 0.3 is 0 Å². The zero-order valence-electron chi connectivity index (χ0n) is 11.4. The van der Waals surface area contributed by atoms with E-state index in [1.807, 2.05) is 13.0 Å². The molecule has 0 radical (unpaired) electrons. The van der Waals surface area contributed by atoms with Crippen molar-refractivity contribution in [1.29, 1.82) is 0 Å². The molecule has 6 heteroatoms. The van der Waals surface area contributed by atoms with Crippen LogP contribution in [-0.2, 0) is 10.0 Å². The van der Waals surface area contributed by atoms with Crippen molar-refractivity contribution >= 4 is 27.3 Å². The Bertz CT molecular complexity index is 738. The molecule has 2 aromatic rings. The van der Waals surface area contributed by atoms with Crippen molar-refractivity contribution in [2.45, 2.75) is 25.7 Å². The fraction of sp³-hybridized carbons (Fsp3) is 0.214. The SMILES string of the molecule is Cc1ccc(C)c(S(=O)(=O)Nc2c(C)ccnc2Cl)c1. The van der Waals surface area contributed by atoms with Gasteiger partial charge in [0.15, 0.2) is 5.15 Å². The van der Waals surface area contributed by atoms with E-state index in [0.717, 1.165) is 11.1 Å². The minimum Gasteiger partial charge on any atom is -0.276 e. The number of rotatable bonds is 3. The molecule has 0 fully saturated rings. The van der Waals surface area contributed by atoms with E-state index in [-0.39, 0.29) is 10.0 Å². The lowest BCUT2D eigenvalue weighted by atomic mass is 10.2. The van der Waals surface area contributed by atoms with Crippen molar-refractivity contribution in [2.24, 2.45) is 0 Å². The smallest absolute Gasteiger partial charge is 0.262 e. The van der Waals surface area contributed by atoms with Crippen LogP contribution >= 0.6 is 11.6 Å². The number of halogens is 1. The predicted molar refractivity (Wildman–Crippen MR) is 80.7 cm³/mol. The Morgan fingerprint density at radius 3 is 2.45 bits per heavy atom. The second kappa shape index (κ2) is 5.42. The molecule has 0 aliphatic carbocycles. The van der Waals surface area contributed by atoms with Crippen molar-refractivity contribution in [3.8, 4) is 0 Å². The molecule has 1 aromatic heterocycles. The highest BCUT2D eigenvalue weighted by Crippen LogP contribution is 2.27. The van der Waals surface area contributed by atoms with Gasteiger partial charge in [-0.2, -0.15) is 0 Å². The van der Waals surface area contributed by atoms with Crippen LogP contribution < -0.4 is 4.72 Å². The van der Waals surface area contributed by atoms with E-state index in [1.165, 1.54) is 6.20 Å². The largest absolute Gasteiger partial charge is 0.276 e. The summed E-state index contributed by atoms with van der Waals surface area (Å²) in [6, 6.07) is 6.99. The topological polar surface area (TPSA) is 59.1 Å². The molecule has 0 saturated heterocycles. The number of nitrogens with one attached hydrogen (secondary N) is 1. The van der Waals surface area contributed by atoms with Crippen LogP contribution in [0.4, 0.5) is 5.69 Å². The molecule has 0 atom stereocenters. The second-order valence-corrected chi connectivity index (χ2v) is 6.68. The normalized spacial score (nSPS) is 11.4. The van der Waals surface area contributed by atoms with Crippen LogP contribution in [0.2, 0.25) is 5.15 Å². The molecule has 106 valence electrons. The minimum atomic E-state index is -3.69. The van der Waals surface area contributed by atoms with Gasteiger partial charge in [-0.1, -0.05) is 23.7 Å². The van der Waals surface area contributed by atoms with Gasteiger partial charge in [0.1, 0.15) is 0 Å². The molecular formula is C14H15ClN2O2S. The van der Waals surface area contributed by atoms with Crippen LogP contribution in [0.15, 0.2) is 35.4 Å². The van der Waals surface area contributed by atoms with Crippen LogP contribution in [0, 0.1) is 20.8 Å². The van der Waals surface area contributed by atoms with Gasteiger partial charge in [-0.3, -0.25) is 4.72 Å². The number of hydrogen-bond acceptors (Lipinski definition) is 3. The first-order chi connectivity index (χ1) is 9.31. The Morgan fingerprint density at radius 1 is 1.10 bits per heavy atom. The Balaban J connectivity index is 2.49. The van der Waals surface area contributed by atoms with E-state index in [2.05, 4.69) is 9.71 Å². The quantitative estimate of drug-likeness (QED) is 0.883. The van der Waals surface area contributed by atoms with Gasteiger partial charge in [0.2, 0.25) is 0 Å². The lowest BCUT2D eigenvalue weighted by molar-refractivity contribution is 0.600. The number of nitrogens with zero attached hydrogens (tertiary/aromatic N) is 1. The van der Waals surface area contributed by atoms with E-state index in [4.69, 9.17) is 11.6 Å². The minimum absolute atomic E-state index is 0.138. The summed E-state index contributed by atoms with van der Waals surface area (Å²) in [5.74, 6) is 0. The molecule has 0 unspecified atom stereocenters. The van der Waals surface area contributed by atoms with Crippen molar-refractivity contribution < 1.29 is 8.42 Å². The third-order valence-electron chi connectivity index (χ3n) is 2.98. The van der Waals surface area contributed by atoms with Gasteiger partial charge < -0.3 is 0 Å². The molecule has 1 aromatic carbocycles. The van der Waals surface area contributed by atoms with E-state index in [1.54, 1.807) is 32.0 Å². The monoisotopic (exact) mass is 310 g/mol. The first-order valence-electron chi connectivity index (χ1n) is 6.02. The summed E-state index contributed by atoms with van der Waals surface area (Å²) in [5, 5.41) is 0.138. The fourth-order valence-corrected chi connectivity index (χ4v) is 3.61. The summed E-state index contributed by atoms with van der Waals surface area (Å²) in [7, 11) is -3.69. The van der Waals surface area contributed by atoms with Gasteiger partial charge in [-0.15, -0.1) is 0 Å². The highest BCUT2D eigenvalue weighted by molar-refractivity contribution is 7.92. The number of aryl methyl sites for hydroxylation is 3. The van der Waals surface area contributed by atoms with Crippen LogP contribution in [0.1, 0.15) is 16.7 Å². The standard InChI is InChI=1S/C14H15ClN2O2S/c1-9-4-5-10(2)12(8-9)20(18,19)17-13-11(3)6-7-16-14(13)15/h4-8,17H,1-3H3. The first kappa shape index (κ1) is 14.8. The average molecular weight is 311 g/mol. The zero-order chi connectivity index (χ0) is 14.9. The van der Waals surface area contributed by atoms with E-state index < -0.39 is 10.0 Å². The van der Waals surface area contributed by atoms with Crippen LogP contribution in [0.25, 0.3) is 0 Å². The Kier molecular flexibility index (Phi) is 4.01. The van der Waals surface area contributed by atoms with Crippen LogP contribution in [0.5, 0.6) is 0 Å². The van der Waals surface area contributed by atoms with Gasteiger partial charge in [-0.25, -0.2) is 13.4 Å². The second-order valence-electron chi connectivity index (χ2n) is 4.67. The maximum Gasteiger partial charge on any atom is 0.262 e. The van der Waals surface area contributed by atoms with Crippen molar-refractivity contribution in [2.75, 3.05) is 4.72 Å². The van der Waals surface area contributed by atoms with Gasteiger partial charge in [0.25, 0.3) is 10.0 Å². The molecule has 4 nitrogen and oxygen atoms in total. The lowest BCUT2D eigenvalue weighted by Crippen LogP contribution is -2.15. The number of benzene rings is 1. The third-order valence-corrected chi connectivity index (χ3v) is 4.76. The van der Waals surface area contributed by atoms with Crippen LogP contribution in [-0.4, -0.2) is 13.4 Å². The number of hydrogen-bond donors (Lipinski definition) is 1. The van der Waals surface area contributed by atoms with E-state index in [0.29, 0.717) is 11.3 Å². The maximum atomic E-state index is 12.5. The molecule has 0 saturated carbocycles. The van der Waals surface area contributed by atoms with Crippen LogP contribution in [0.3, 0.4) is 0 Å². The van der Waals surface area contributed by atoms with Crippen molar-refractivity contribution in [1.82, 2.24) is 4.98 Å². The highest BCUT2D eigenvalue weighted by atomic mass is 35.5. The average Bonchev–Trinajstić information content (AvgIpc) is 2.37. The fourth-order valence-electron chi connectivity index (χ4n) is 1.83. The molecule has 0 amide bonds. The van der Waals surface area contributed by atoms with E-state index in [9.17, 15) is 8.42 Å². The highest BCUT2D eigenvalue weighted by Gasteiger charge is 2.19. The molecule has 1 N–H and O–H groups in total. The number of aromatic nitrogens is 1. The molecule has 0 aliphatic heterocycles. The Morgan fingerprint density at radius 2 is 1.80 bits per heavy atom. The van der Waals surface area contributed by atoms with Crippen molar-refractivity contribution in [3.05, 3.63) is 52.3 Å². The lowest BCUT2D eigenvalue weighted by Gasteiger charge is -2.13. The summed E-state index contributed by atoms with van der Waals surface area (Å²) in [6.45, 7) is 5.38. The molecule has 0 spiro atoms. The number of sulfonamides is 1. The number of anilines is 1. The number of pyridine rings is 1. The first-order valence-corrected chi connectivity index (χ1v) is 7.88. The molecule has 2 rings (SSSR count). The van der Waals surface area contributed by atoms with Gasteiger partial charge in [0.05, 0.1) is 10.6 Å². The van der Waals surface area contributed by atoms with E-state index >= 15 is 0 Å². The summed E-state index contributed by atoms with van der Waals surface area (Å²) in [4.78, 5) is 4.14. The summed E-state index contributed by atoms with van der Waals surface area (Å²) in [5.41, 5.74) is 2.60. The summed E-state index contributed by atoms with van der Waals surface area (Å²) < 4.78 is 27.5. The molecule has 1 heterocycles. The zero-order valence-corrected chi connectivity index (χ0v) is 13.0. The van der Waals surface area contributed by atoms with Gasteiger partial charge in [-0.05, 0) is 49.6 Å². The van der Waals surface area contributed by atoms with Gasteiger partial charge in [0, 0.05) is 6.20 Å². The Hall–Kier alpha value is -1.59.